The summed E-state index contributed by atoms with van der Waals surface area (Å²) < 4.78 is 8.10. The number of hydrogen-bond donors (Lipinski definition) is 1. The van der Waals surface area contributed by atoms with E-state index in [2.05, 4.69) is 8.75 Å². The zero-order chi connectivity index (χ0) is 9.97. The number of fused-ring (bicyclic) bond motifs is 1. The smallest absolute Gasteiger partial charge is 0.328 e. The fraction of sp³-hybridized carbons (Fsp3) is 0. The first-order chi connectivity index (χ1) is 6.75. The molecule has 2 rings (SSSR count). The highest BCUT2D eigenvalue weighted by atomic mass is 32.1. The van der Waals surface area contributed by atoms with Crippen molar-refractivity contribution in [2.75, 3.05) is 0 Å². The zero-order valence-corrected chi connectivity index (χ0v) is 7.86. The molecule has 1 aromatic carbocycles. The van der Waals surface area contributed by atoms with Gasteiger partial charge in [0.1, 0.15) is 11.0 Å². The van der Waals surface area contributed by atoms with Crippen molar-refractivity contribution in [3.63, 3.8) is 0 Å². The maximum Gasteiger partial charge on any atom is 0.328 e. The van der Waals surface area contributed by atoms with Gasteiger partial charge in [-0.05, 0) is 23.8 Å². The summed E-state index contributed by atoms with van der Waals surface area (Å²) in [4.78, 5) is 10.3. The minimum absolute atomic E-state index is 0.794. The molecule has 70 valence electrons. The first-order valence-electron chi connectivity index (χ1n) is 3.89. The summed E-state index contributed by atoms with van der Waals surface area (Å²) in [5, 5.41) is 8.44. The second-order valence-electron chi connectivity index (χ2n) is 2.68. The average molecular weight is 206 g/mol. The molecule has 0 radical (unpaired) electrons. The molecule has 0 unspecified atom stereocenters. The lowest BCUT2D eigenvalue weighted by molar-refractivity contribution is -0.131. The van der Waals surface area contributed by atoms with Gasteiger partial charge in [-0.3, -0.25) is 0 Å². The maximum absolute atomic E-state index is 10.3. The molecule has 0 bridgehead atoms. The lowest BCUT2D eigenvalue weighted by Gasteiger charge is -1.90. The quantitative estimate of drug-likeness (QED) is 0.761. The minimum Gasteiger partial charge on any atom is -0.478 e. The van der Waals surface area contributed by atoms with Gasteiger partial charge in [0.2, 0.25) is 0 Å². The van der Waals surface area contributed by atoms with Crippen molar-refractivity contribution in [2.45, 2.75) is 0 Å². The van der Waals surface area contributed by atoms with Crippen molar-refractivity contribution in [1.82, 2.24) is 8.75 Å². The van der Waals surface area contributed by atoms with Gasteiger partial charge >= 0.3 is 5.97 Å². The first kappa shape index (κ1) is 8.83. The number of carbonyl (C=O) groups is 1. The summed E-state index contributed by atoms with van der Waals surface area (Å²) in [6, 6.07) is 5.43. The van der Waals surface area contributed by atoms with Crippen LogP contribution in [0, 0.1) is 0 Å². The predicted octanol–water partition coefficient (Wildman–Crippen LogP) is 1.79. The number of benzene rings is 1. The van der Waals surface area contributed by atoms with Gasteiger partial charge in [0.05, 0.1) is 11.7 Å². The van der Waals surface area contributed by atoms with Crippen LogP contribution in [0.4, 0.5) is 0 Å². The van der Waals surface area contributed by atoms with Gasteiger partial charge in [0.15, 0.2) is 0 Å². The van der Waals surface area contributed by atoms with Crippen LogP contribution in [0.15, 0.2) is 24.3 Å². The number of rotatable bonds is 2. The Morgan fingerprint density at radius 3 is 2.93 bits per heavy atom. The van der Waals surface area contributed by atoms with Crippen molar-refractivity contribution in [3.05, 3.63) is 29.8 Å². The third-order valence-electron chi connectivity index (χ3n) is 1.70. The molecule has 0 aliphatic rings. The maximum atomic E-state index is 10.3. The van der Waals surface area contributed by atoms with Gasteiger partial charge in [-0.15, -0.1) is 0 Å². The van der Waals surface area contributed by atoms with Gasteiger partial charge in [-0.1, -0.05) is 6.07 Å². The van der Waals surface area contributed by atoms with Gasteiger partial charge in [-0.25, -0.2) is 4.79 Å². The number of carboxylic acids is 1. The summed E-state index contributed by atoms with van der Waals surface area (Å²) in [5.74, 6) is -0.957. The fourth-order valence-electron chi connectivity index (χ4n) is 1.07. The average Bonchev–Trinajstić information content (AvgIpc) is 2.61. The second kappa shape index (κ2) is 3.55. The molecule has 0 aliphatic carbocycles. The van der Waals surface area contributed by atoms with E-state index in [4.69, 9.17) is 5.11 Å². The highest BCUT2D eigenvalue weighted by Crippen LogP contribution is 2.14. The highest BCUT2D eigenvalue weighted by Gasteiger charge is 1.97. The molecule has 1 heterocycles. The molecule has 4 nitrogen and oxygen atoms in total. The summed E-state index contributed by atoms with van der Waals surface area (Å²) >= 11 is 1.15. The van der Waals surface area contributed by atoms with E-state index in [9.17, 15) is 4.79 Å². The molecule has 0 saturated carbocycles. The van der Waals surface area contributed by atoms with Gasteiger partial charge in [-0.2, -0.15) is 8.75 Å². The van der Waals surface area contributed by atoms with Crippen LogP contribution in [0.5, 0.6) is 0 Å². The van der Waals surface area contributed by atoms with Crippen molar-refractivity contribution in [1.29, 1.82) is 0 Å². The molecule has 0 fully saturated rings. The molecule has 5 heteroatoms. The summed E-state index contributed by atoms with van der Waals surface area (Å²) in [7, 11) is 0. The van der Waals surface area contributed by atoms with Gasteiger partial charge in [0, 0.05) is 6.08 Å². The molecule has 0 amide bonds. The Kier molecular flexibility index (Phi) is 2.24. The molecule has 0 aliphatic heterocycles. The van der Waals surface area contributed by atoms with E-state index in [1.165, 1.54) is 6.08 Å². The van der Waals surface area contributed by atoms with E-state index >= 15 is 0 Å². The number of aromatic nitrogens is 2. The predicted molar refractivity (Wildman–Crippen MR) is 54.1 cm³/mol. The van der Waals surface area contributed by atoms with E-state index in [1.807, 2.05) is 12.1 Å². The van der Waals surface area contributed by atoms with Crippen LogP contribution in [0.2, 0.25) is 0 Å². The third-order valence-corrected chi connectivity index (χ3v) is 2.25. The molecular weight excluding hydrogens is 200 g/mol. The SMILES string of the molecule is O=C(O)/C=C/c1ccc2nsnc2c1. The first-order valence-corrected chi connectivity index (χ1v) is 4.62. The monoisotopic (exact) mass is 206 g/mol. The molecule has 0 saturated heterocycles. The summed E-state index contributed by atoms with van der Waals surface area (Å²) in [5.41, 5.74) is 2.44. The van der Waals surface area contributed by atoms with Crippen molar-refractivity contribution >= 4 is 34.8 Å². The number of aliphatic carboxylic acids is 1. The number of hydrogen-bond acceptors (Lipinski definition) is 4. The fourth-order valence-corrected chi connectivity index (χ4v) is 1.59. The molecule has 0 atom stereocenters. The Morgan fingerprint density at radius 2 is 2.14 bits per heavy atom. The number of carboxylic acid groups (broad SMARTS) is 1. The van der Waals surface area contributed by atoms with Gasteiger partial charge in [0.25, 0.3) is 0 Å². The van der Waals surface area contributed by atoms with Crippen molar-refractivity contribution < 1.29 is 9.90 Å². The Hall–Kier alpha value is -1.75. The Morgan fingerprint density at radius 1 is 1.36 bits per heavy atom. The molecular formula is C9H6N2O2S. The van der Waals surface area contributed by atoms with Gasteiger partial charge < -0.3 is 5.11 Å². The second-order valence-corrected chi connectivity index (χ2v) is 3.21. The normalized spacial score (nSPS) is 11.1. The van der Waals surface area contributed by atoms with Crippen LogP contribution in [0.3, 0.4) is 0 Å². The molecule has 1 aromatic heterocycles. The zero-order valence-electron chi connectivity index (χ0n) is 7.04. The van der Waals surface area contributed by atoms with Crippen molar-refractivity contribution in [3.8, 4) is 0 Å². The van der Waals surface area contributed by atoms with E-state index in [0.717, 1.165) is 34.4 Å². The van der Waals surface area contributed by atoms with Crippen molar-refractivity contribution in [2.24, 2.45) is 0 Å². The van der Waals surface area contributed by atoms with E-state index in [1.54, 1.807) is 6.07 Å². The minimum atomic E-state index is -0.957. The van der Waals surface area contributed by atoms with Crippen LogP contribution in [0.25, 0.3) is 17.1 Å². The molecule has 2 aromatic rings. The Labute approximate surface area is 83.8 Å². The third kappa shape index (κ3) is 1.77. The van der Waals surface area contributed by atoms with E-state index in [0.29, 0.717) is 0 Å². The van der Waals surface area contributed by atoms with E-state index < -0.39 is 5.97 Å². The highest BCUT2D eigenvalue weighted by molar-refractivity contribution is 7.00. The lowest BCUT2D eigenvalue weighted by Crippen LogP contribution is -1.85. The molecule has 1 N–H and O–H groups in total. The lowest BCUT2D eigenvalue weighted by atomic mass is 10.2. The van der Waals surface area contributed by atoms with Crippen LogP contribution >= 0.6 is 11.7 Å². The van der Waals surface area contributed by atoms with Crippen LogP contribution < -0.4 is 0 Å². The summed E-state index contributed by atoms with van der Waals surface area (Å²) in [6.07, 6.45) is 2.63. The van der Waals surface area contributed by atoms with Crippen LogP contribution in [-0.4, -0.2) is 19.8 Å². The summed E-state index contributed by atoms with van der Waals surface area (Å²) in [6.45, 7) is 0. The molecule has 0 spiro atoms. The van der Waals surface area contributed by atoms with E-state index in [-0.39, 0.29) is 0 Å². The largest absolute Gasteiger partial charge is 0.478 e. The standard InChI is InChI=1S/C9H6N2O2S/c12-9(13)4-2-6-1-3-7-8(5-6)11-14-10-7/h1-5H,(H,12,13)/b4-2+. The Balaban J connectivity index is 2.39. The van der Waals surface area contributed by atoms with Crippen LogP contribution in [0.1, 0.15) is 5.56 Å². The van der Waals surface area contributed by atoms with Crippen LogP contribution in [-0.2, 0) is 4.79 Å². The number of nitrogens with zero attached hydrogens (tertiary/aromatic N) is 2. The molecule has 14 heavy (non-hydrogen) atoms. The Bertz CT molecular complexity index is 504. The topological polar surface area (TPSA) is 63.1 Å².